The Morgan fingerprint density at radius 2 is 1.48 bits per heavy atom. The summed E-state index contributed by atoms with van der Waals surface area (Å²) in [6.45, 7) is 4.38. The molecule has 0 bridgehead atoms. The highest BCUT2D eigenvalue weighted by molar-refractivity contribution is 5.46. The van der Waals surface area contributed by atoms with Crippen LogP contribution >= 0.6 is 0 Å². The molecule has 21 heavy (non-hydrogen) atoms. The third-order valence-electron chi connectivity index (χ3n) is 5.23. The summed E-state index contributed by atoms with van der Waals surface area (Å²) >= 11 is 0. The van der Waals surface area contributed by atoms with Crippen molar-refractivity contribution in [3.05, 3.63) is 0 Å². The highest BCUT2D eigenvalue weighted by Gasteiger charge is 2.37. The summed E-state index contributed by atoms with van der Waals surface area (Å²) in [6.07, 6.45) is 6.64. The van der Waals surface area contributed by atoms with Gasteiger partial charge in [0.05, 0.1) is 0 Å². The van der Waals surface area contributed by atoms with Crippen molar-refractivity contribution >= 4 is 17.8 Å². The lowest BCUT2D eigenvalue weighted by Crippen LogP contribution is -2.27. The van der Waals surface area contributed by atoms with E-state index in [0.717, 1.165) is 49.9 Å². The second kappa shape index (κ2) is 5.31. The summed E-state index contributed by atoms with van der Waals surface area (Å²) < 4.78 is 0. The summed E-state index contributed by atoms with van der Waals surface area (Å²) in [4.78, 5) is 18.6. The Morgan fingerprint density at radius 3 is 2.10 bits per heavy atom. The molecule has 2 atom stereocenters. The summed E-state index contributed by atoms with van der Waals surface area (Å²) in [7, 11) is 1.88. The van der Waals surface area contributed by atoms with Gasteiger partial charge < -0.3 is 15.1 Å². The van der Waals surface area contributed by atoms with E-state index in [1.165, 1.54) is 32.1 Å². The van der Waals surface area contributed by atoms with E-state index >= 15 is 0 Å². The van der Waals surface area contributed by atoms with Gasteiger partial charge >= 0.3 is 0 Å². The van der Waals surface area contributed by atoms with E-state index in [4.69, 9.17) is 4.98 Å². The van der Waals surface area contributed by atoms with Crippen molar-refractivity contribution < 1.29 is 0 Å². The van der Waals surface area contributed by atoms with Crippen LogP contribution in [-0.4, -0.2) is 48.2 Å². The van der Waals surface area contributed by atoms with E-state index < -0.39 is 0 Å². The smallest absolute Gasteiger partial charge is 0.231 e. The molecule has 0 aromatic carbocycles. The molecule has 0 spiro atoms. The third-order valence-corrected chi connectivity index (χ3v) is 5.23. The van der Waals surface area contributed by atoms with Gasteiger partial charge in [-0.2, -0.15) is 15.0 Å². The molecule has 114 valence electrons. The minimum atomic E-state index is 0.693. The predicted molar refractivity (Wildman–Crippen MR) is 83.9 cm³/mol. The first-order valence-electron chi connectivity index (χ1n) is 8.27. The highest BCUT2D eigenvalue weighted by Crippen LogP contribution is 2.39. The highest BCUT2D eigenvalue weighted by atomic mass is 15.4. The molecule has 2 saturated heterocycles. The van der Waals surface area contributed by atoms with Crippen molar-refractivity contribution in [2.24, 2.45) is 11.8 Å². The van der Waals surface area contributed by atoms with Crippen molar-refractivity contribution in [1.29, 1.82) is 0 Å². The van der Waals surface area contributed by atoms with Crippen LogP contribution < -0.4 is 15.1 Å². The molecule has 4 rings (SSSR count). The molecule has 2 aliphatic heterocycles. The summed E-state index contributed by atoms with van der Waals surface area (Å²) in [5.41, 5.74) is 0. The number of anilines is 3. The fraction of sp³-hybridized carbons (Fsp3) is 0.800. The molecule has 6 heteroatoms. The lowest BCUT2D eigenvalue weighted by atomic mass is 10.0. The van der Waals surface area contributed by atoms with Gasteiger partial charge in [-0.1, -0.05) is 6.42 Å². The third kappa shape index (κ3) is 2.40. The van der Waals surface area contributed by atoms with Gasteiger partial charge in [0.2, 0.25) is 17.8 Å². The fourth-order valence-electron chi connectivity index (χ4n) is 4.06. The average molecular weight is 288 g/mol. The first kappa shape index (κ1) is 13.1. The van der Waals surface area contributed by atoms with Crippen LogP contribution in [0.15, 0.2) is 0 Å². The Bertz CT molecular complexity index is 501. The lowest BCUT2D eigenvalue weighted by molar-refractivity contribution is 0.494. The van der Waals surface area contributed by atoms with Gasteiger partial charge in [0.15, 0.2) is 0 Å². The normalized spacial score (nSPS) is 28.2. The molecule has 3 heterocycles. The Balaban J connectivity index is 1.60. The maximum absolute atomic E-state index is 4.76. The van der Waals surface area contributed by atoms with Crippen LogP contribution in [-0.2, 0) is 0 Å². The zero-order valence-corrected chi connectivity index (χ0v) is 12.8. The molecular formula is C15H24N6. The Hall–Kier alpha value is -1.59. The van der Waals surface area contributed by atoms with Gasteiger partial charge in [-0.15, -0.1) is 0 Å². The Morgan fingerprint density at radius 1 is 0.857 bits per heavy atom. The summed E-state index contributed by atoms with van der Waals surface area (Å²) in [5.74, 6) is 4.12. The molecule has 3 fully saturated rings. The first-order valence-corrected chi connectivity index (χ1v) is 8.27. The van der Waals surface area contributed by atoms with Gasteiger partial charge in [0.1, 0.15) is 0 Å². The largest absolute Gasteiger partial charge is 0.357 e. The fourth-order valence-corrected chi connectivity index (χ4v) is 4.06. The van der Waals surface area contributed by atoms with Crippen LogP contribution in [0.2, 0.25) is 0 Å². The second-order valence-corrected chi connectivity index (χ2v) is 6.56. The molecule has 2 unspecified atom stereocenters. The maximum atomic E-state index is 4.76. The van der Waals surface area contributed by atoms with Crippen molar-refractivity contribution in [2.75, 3.05) is 48.3 Å². The zero-order chi connectivity index (χ0) is 14.2. The summed E-state index contributed by atoms with van der Waals surface area (Å²) in [6, 6.07) is 0. The molecule has 1 aromatic heterocycles. The molecule has 3 aliphatic rings. The van der Waals surface area contributed by atoms with Crippen LogP contribution in [0.5, 0.6) is 0 Å². The lowest BCUT2D eigenvalue weighted by Gasteiger charge is -2.21. The second-order valence-electron chi connectivity index (χ2n) is 6.56. The molecule has 1 saturated carbocycles. The number of nitrogens with zero attached hydrogens (tertiary/aromatic N) is 5. The van der Waals surface area contributed by atoms with Crippen LogP contribution in [0, 0.1) is 11.8 Å². The van der Waals surface area contributed by atoms with Crippen LogP contribution in [0.1, 0.15) is 32.1 Å². The number of rotatable bonds is 3. The van der Waals surface area contributed by atoms with E-state index in [1.807, 2.05) is 7.05 Å². The maximum Gasteiger partial charge on any atom is 0.231 e. The SMILES string of the molecule is CNc1nc(N2CCCC2)nc(N2CC3CCCC3C2)n1. The molecule has 6 nitrogen and oxygen atoms in total. The van der Waals surface area contributed by atoms with Crippen LogP contribution in [0.3, 0.4) is 0 Å². The quantitative estimate of drug-likeness (QED) is 0.914. The van der Waals surface area contributed by atoms with Crippen molar-refractivity contribution in [1.82, 2.24) is 15.0 Å². The number of aromatic nitrogens is 3. The van der Waals surface area contributed by atoms with Crippen molar-refractivity contribution in [3.8, 4) is 0 Å². The van der Waals surface area contributed by atoms with E-state index in [1.54, 1.807) is 0 Å². The zero-order valence-electron chi connectivity index (χ0n) is 12.8. The standard InChI is InChI=1S/C15H24N6/c1-16-13-17-14(20-7-2-3-8-20)19-15(18-13)21-9-11-5-4-6-12(11)10-21/h11-12H,2-10H2,1H3,(H,16,17,18,19). The van der Waals surface area contributed by atoms with Crippen LogP contribution in [0.4, 0.5) is 17.8 Å². The molecule has 1 N–H and O–H groups in total. The number of hydrogen-bond acceptors (Lipinski definition) is 6. The van der Waals surface area contributed by atoms with Gasteiger partial charge in [-0.05, 0) is 37.5 Å². The Labute approximate surface area is 126 Å². The van der Waals surface area contributed by atoms with Gasteiger partial charge in [0.25, 0.3) is 0 Å². The van der Waals surface area contributed by atoms with E-state index in [0.29, 0.717) is 5.95 Å². The minimum absolute atomic E-state index is 0.693. The number of hydrogen-bond donors (Lipinski definition) is 1. The monoisotopic (exact) mass is 288 g/mol. The van der Waals surface area contributed by atoms with E-state index in [9.17, 15) is 0 Å². The summed E-state index contributed by atoms with van der Waals surface area (Å²) in [5, 5.41) is 3.09. The van der Waals surface area contributed by atoms with E-state index in [2.05, 4.69) is 25.1 Å². The van der Waals surface area contributed by atoms with Crippen molar-refractivity contribution in [2.45, 2.75) is 32.1 Å². The molecule has 1 aliphatic carbocycles. The Kier molecular flexibility index (Phi) is 3.31. The molecule has 0 radical (unpaired) electrons. The van der Waals surface area contributed by atoms with Gasteiger partial charge in [-0.3, -0.25) is 0 Å². The van der Waals surface area contributed by atoms with Crippen LogP contribution in [0.25, 0.3) is 0 Å². The molecule has 0 amide bonds. The van der Waals surface area contributed by atoms with E-state index in [-0.39, 0.29) is 0 Å². The number of nitrogens with one attached hydrogen (secondary N) is 1. The predicted octanol–water partition coefficient (Wildman–Crippen LogP) is 1.75. The average Bonchev–Trinajstić information content (AvgIpc) is 3.22. The van der Waals surface area contributed by atoms with Gasteiger partial charge in [-0.25, -0.2) is 0 Å². The topological polar surface area (TPSA) is 57.2 Å². The minimum Gasteiger partial charge on any atom is -0.357 e. The molecular weight excluding hydrogens is 264 g/mol. The van der Waals surface area contributed by atoms with Crippen molar-refractivity contribution in [3.63, 3.8) is 0 Å². The first-order chi connectivity index (χ1) is 10.3. The number of fused-ring (bicyclic) bond motifs is 1. The van der Waals surface area contributed by atoms with Gasteiger partial charge in [0, 0.05) is 33.2 Å². The molecule has 1 aromatic rings.